The second-order valence-electron chi connectivity index (χ2n) is 1.80. The lowest BCUT2D eigenvalue weighted by Crippen LogP contribution is -2.02. The molecule has 0 aliphatic rings. The van der Waals surface area contributed by atoms with E-state index in [1.54, 1.807) is 6.92 Å². The van der Waals surface area contributed by atoms with Gasteiger partial charge in [0.2, 0.25) is 0 Å². The van der Waals surface area contributed by atoms with Gasteiger partial charge in [0, 0.05) is 18.5 Å². The Morgan fingerprint density at radius 3 is 2.60 bits per heavy atom. The fraction of sp³-hybridized carbons (Fsp3) is 0.429. The zero-order valence-electron chi connectivity index (χ0n) is 6.29. The van der Waals surface area contributed by atoms with Crippen LogP contribution >= 0.6 is 0 Å². The molecule has 0 aromatic carbocycles. The van der Waals surface area contributed by atoms with E-state index in [4.69, 9.17) is 5.73 Å². The van der Waals surface area contributed by atoms with Crippen LogP contribution in [0, 0.1) is 0 Å². The van der Waals surface area contributed by atoms with Crippen LogP contribution in [-0.4, -0.2) is 18.5 Å². The van der Waals surface area contributed by atoms with Gasteiger partial charge in [-0.3, -0.25) is 9.79 Å². The molecule has 0 atom stereocenters. The molecule has 3 heteroatoms. The van der Waals surface area contributed by atoms with Gasteiger partial charge in [-0.25, -0.2) is 0 Å². The summed E-state index contributed by atoms with van der Waals surface area (Å²) >= 11 is 0. The van der Waals surface area contributed by atoms with Gasteiger partial charge in [0.15, 0.2) is 6.29 Å². The van der Waals surface area contributed by atoms with Crippen molar-refractivity contribution in [3.05, 3.63) is 11.8 Å². The van der Waals surface area contributed by atoms with Crippen LogP contribution in [0.3, 0.4) is 0 Å². The number of carbonyl (C=O) groups excluding carboxylic acids is 1. The van der Waals surface area contributed by atoms with E-state index in [1.165, 1.54) is 6.20 Å². The summed E-state index contributed by atoms with van der Waals surface area (Å²) in [6, 6.07) is 0. The minimum Gasteiger partial charge on any atom is -0.404 e. The molecular formula is C7H12N2O. The molecule has 2 N–H and O–H groups in total. The van der Waals surface area contributed by atoms with Gasteiger partial charge in [-0.2, -0.15) is 0 Å². The van der Waals surface area contributed by atoms with Crippen molar-refractivity contribution >= 4 is 12.0 Å². The van der Waals surface area contributed by atoms with Crippen LogP contribution in [-0.2, 0) is 4.79 Å². The predicted octanol–water partition coefficient (Wildman–Crippen LogP) is 0.509. The molecule has 10 heavy (non-hydrogen) atoms. The van der Waals surface area contributed by atoms with Crippen molar-refractivity contribution in [1.82, 2.24) is 0 Å². The minimum atomic E-state index is 0.460. The Hall–Kier alpha value is -1.12. The van der Waals surface area contributed by atoms with E-state index in [0.29, 0.717) is 24.1 Å². The van der Waals surface area contributed by atoms with Crippen LogP contribution in [0.2, 0.25) is 0 Å². The molecule has 3 nitrogen and oxygen atoms in total. The Kier molecular flexibility index (Phi) is 4.20. The third-order valence-electron chi connectivity index (χ3n) is 1.12. The molecule has 0 radical (unpaired) electrons. The summed E-state index contributed by atoms with van der Waals surface area (Å²) in [5, 5.41) is 0. The molecule has 0 aliphatic carbocycles. The van der Waals surface area contributed by atoms with Crippen molar-refractivity contribution < 1.29 is 4.79 Å². The lowest BCUT2D eigenvalue weighted by atomic mass is 10.2. The molecule has 0 spiro atoms. The third kappa shape index (κ3) is 2.44. The molecule has 0 aromatic rings. The van der Waals surface area contributed by atoms with Crippen molar-refractivity contribution in [1.29, 1.82) is 0 Å². The standard InChI is InChI=1S/C7H12N2O/c1-3-9-6(2)7(4-8)5-10/h4-5H,3,8H2,1-2H3. The highest BCUT2D eigenvalue weighted by molar-refractivity contribution is 6.13. The number of nitrogens with zero attached hydrogens (tertiary/aromatic N) is 1. The fourth-order valence-corrected chi connectivity index (χ4v) is 0.574. The maximum absolute atomic E-state index is 10.2. The Balaban J connectivity index is 4.30. The molecule has 0 bridgehead atoms. The first-order valence-corrected chi connectivity index (χ1v) is 3.14. The molecule has 0 aliphatic heterocycles. The molecule has 0 amide bonds. The molecule has 0 aromatic heterocycles. The monoisotopic (exact) mass is 140 g/mol. The first-order valence-electron chi connectivity index (χ1n) is 3.14. The first-order chi connectivity index (χ1) is 4.76. The Morgan fingerprint density at radius 1 is 1.70 bits per heavy atom. The zero-order valence-corrected chi connectivity index (χ0v) is 6.29. The first kappa shape index (κ1) is 8.88. The van der Waals surface area contributed by atoms with E-state index in [0.717, 1.165) is 0 Å². The number of nitrogens with two attached hydrogens (primary N) is 1. The lowest BCUT2D eigenvalue weighted by Gasteiger charge is -1.94. The normalized spacial score (nSPS) is 13.4. The highest BCUT2D eigenvalue weighted by Crippen LogP contribution is 1.91. The molecule has 56 valence electrons. The van der Waals surface area contributed by atoms with E-state index < -0.39 is 0 Å². The van der Waals surface area contributed by atoms with Crippen LogP contribution in [0.25, 0.3) is 0 Å². The molecule has 0 saturated heterocycles. The Labute approximate surface area is 60.6 Å². The number of rotatable bonds is 3. The van der Waals surface area contributed by atoms with Crippen LogP contribution in [0.1, 0.15) is 13.8 Å². The topological polar surface area (TPSA) is 55.5 Å². The third-order valence-corrected chi connectivity index (χ3v) is 1.12. The highest BCUT2D eigenvalue weighted by atomic mass is 16.1. The number of hydrogen-bond donors (Lipinski definition) is 1. The van der Waals surface area contributed by atoms with Gasteiger partial charge >= 0.3 is 0 Å². The summed E-state index contributed by atoms with van der Waals surface area (Å²) in [6.45, 7) is 4.34. The SMILES string of the molecule is CCN=C(C)C(C=O)=CN. The maximum Gasteiger partial charge on any atom is 0.153 e. The summed E-state index contributed by atoms with van der Waals surface area (Å²) in [4.78, 5) is 14.2. The number of carbonyl (C=O) groups is 1. The average Bonchev–Trinajstić information content (AvgIpc) is 1.91. The van der Waals surface area contributed by atoms with Gasteiger partial charge < -0.3 is 5.73 Å². The van der Waals surface area contributed by atoms with Crippen molar-refractivity contribution in [2.24, 2.45) is 10.7 Å². The van der Waals surface area contributed by atoms with Crippen molar-refractivity contribution in [2.45, 2.75) is 13.8 Å². The second-order valence-corrected chi connectivity index (χ2v) is 1.80. The van der Waals surface area contributed by atoms with E-state index in [9.17, 15) is 4.79 Å². The zero-order chi connectivity index (χ0) is 7.98. The predicted molar refractivity (Wildman–Crippen MR) is 42.0 cm³/mol. The van der Waals surface area contributed by atoms with E-state index >= 15 is 0 Å². The number of hydrogen-bond acceptors (Lipinski definition) is 3. The van der Waals surface area contributed by atoms with Gasteiger partial charge in [0.25, 0.3) is 0 Å². The summed E-state index contributed by atoms with van der Waals surface area (Å²) in [6.07, 6.45) is 1.97. The molecule has 0 saturated carbocycles. The molecule has 0 unspecified atom stereocenters. The van der Waals surface area contributed by atoms with Crippen molar-refractivity contribution in [2.75, 3.05) is 6.54 Å². The summed E-state index contributed by atoms with van der Waals surface area (Å²) in [7, 11) is 0. The van der Waals surface area contributed by atoms with Crippen molar-refractivity contribution in [3.8, 4) is 0 Å². The van der Waals surface area contributed by atoms with Gasteiger partial charge in [-0.05, 0) is 13.8 Å². The molecular weight excluding hydrogens is 128 g/mol. The molecule has 0 fully saturated rings. The van der Waals surface area contributed by atoms with Crippen LogP contribution in [0.5, 0.6) is 0 Å². The molecule has 0 heterocycles. The maximum atomic E-state index is 10.2. The summed E-state index contributed by atoms with van der Waals surface area (Å²) < 4.78 is 0. The van der Waals surface area contributed by atoms with Gasteiger partial charge in [0.1, 0.15) is 0 Å². The highest BCUT2D eigenvalue weighted by Gasteiger charge is 1.95. The fourth-order valence-electron chi connectivity index (χ4n) is 0.574. The Morgan fingerprint density at radius 2 is 2.30 bits per heavy atom. The van der Waals surface area contributed by atoms with Gasteiger partial charge in [0.05, 0.1) is 5.57 Å². The minimum absolute atomic E-state index is 0.460. The lowest BCUT2D eigenvalue weighted by molar-refractivity contribution is -0.104. The summed E-state index contributed by atoms with van der Waals surface area (Å²) in [5.74, 6) is 0. The van der Waals surface area contributed by atoms with E-state index in [-0.39, 0.29) is 0 Å². The van der Waals surface area contributed by atoms with Gasteiger partial charge in [-0.1, -0.05) is 0 Å². The average molecular weight is 140 g/mol. The number of allylic oxidation sites excluding steroid dienone is 1. The van der Waals surface area contributed by atoms with Crippen molar-refractivity contribution in [3.63, 3.8) is 0 Å². The summed E-state index contributed by atoms with van der Waals surface area (Å²) in [5.41, 5.74) is 6.29. The van der Waals surface area contributed by atoms with Crippen LogP contribution < -0.4 is 5.73 Å². The largest absolute Gasteiger partial charge is 0.404 e. The quantitative estimate of drug-likeness (QED) is 0.353. The van der Waals surface area contributed by atoms with Gasteiger partial charge in [-0.15, -0.1) is 0 Å². The molecule has 0 rings (SSSR count). The van der Waals surface area contributed by atoms with E-state index in [1.807, 2.05) is 6.92 Å². The van der Waals surface area contributed by atoms with Crippen LogP contribution in [0.15, 0.2) is 16.8 Å². The number of aliphatic imine (C=N–C) groups is 1. The number of aldehydes is 1. The second kappa shape index (κ2) is 4.73. The van der Waals surface area contributed by atoms with Crippen LogP contribution in [0.4, 0.5) is 0 Å². The smallest absolute Gasteiger partial charge is 0.153 e. The van der Waals surface area contributed by atoms with E-state index in [2.05, 4.69) is 4.99 Å². The Bertz CT molecular complexity index is 170.